The molecule has 0 aromatic carbocycles. The molecule has 4 nitrogen and oxygen atoms in total. The van der Waals surface area contributed by atoms with Gasteiger partial charge >= 0.3 is 0 Å². The average molecular weight is 1090 g/mol. The van der Waals surface area contributed by atoms with E-state index in [0.29, 0.717) is 12.8 Å². The van der Waals surface area contributed by atoms with Gasteiger partial charge in [0.1, 0.15) is 0 Å². The maximum absolute atomic E-state index is 12.6. The van der Waals surface area contributed by atoms with Gasteiger partial charge in [-0.2, -0.15) is 0 Å². The fourth-order valence-electron chi connectivity index (χ4n) is 11.5. The monoisotopic (exact) mass is 1090 g/mol. The molecule has 0 saturated heterocycles. The van der Waals surface area contributed by atoms with Crippen LogP contribution in [0.3, 0.4) is 0 Å². The Balaban J connectivity index is 3.36. The first-order valence-electron chi connectivity index (χ1n) is 35.8. The van der Waals surface area contributed by atoms with E-state index in [2.05, 4.69) is 67.8 Å². The summed E-state index contributed by atoms with van der Waals surface area (Å²) in [5.74, 6) is -0.0218. The molecule has 0 rings (SSSR count). The number of rotatable bonds is 67. The zero-order valence-corrected chi connectivity index (χ0v) is 53.2. The lowest BCUT2D eigenvalue weighted by Gasteiger charge is -2.22. The molecule has 2 unspecified atom stereocenters. The molecule has 0 aromatic heterocycles. The standard InChI is InChI=1S/C74H141NO3/c1-3-5-7-9-11-13-15-17-19-21-23-25-27-29-30-31-32-33-34-35-36-37-38-39-40-41-42-43-44-46-48-50-52-54-56-58-60-62-64-66-68-70-74(78)75-72(71-76)73(77)69-67-65-63-61-59-57-55-53-51-49-47-45-28-26-24-22-20-18-16-14-12-10-8-6-4-2/h5,7,11,13,17,19,23,25,72-73,76-77H,3-4,6,8-10,12,14-16,18,20-22,24,26-71H2,1-2H3,(H,75,78)/b7-5-,13-11-,19-17-,25-23-. The number of carbonyl (C=O) groups is 1. The van der Waals surface area contributed by atoms with E-state index in [-0.39, 0.29) is 12.5 Å². The van der Waals surface area contributed by atoms with Gasteiger partial charge in [0.25, 0.3) is 0 Å². The highest BCUT2D eigenvalue weighted by atomic mass is 16.3. The molecule has 1 amide bonds. The third-order valence-electron chi connectivity index (χ3n) is 16.9. The third-order valence-corrected chi connectivity index (χ3v) is 16.9. The fraction of sp³-hybridized carbons (Fsp3) is 0.878. The van der Waals surface area contributed by atoms with Gasteiger partial charge < -0.3 is 15.5 Å². The van der Waals surface area contributed by atoms with Crippen molar-refractivity contribution in [2.24, 2.45) is 0 Å². The highest BCUT2D eigenvalue weighted by Crippen LogP contribution is 2.20. The number of amides is 1. The van der Waals surface area contributed by atoms with Crippen LogP contribution in [-0.4, -0.2) is 34.9 Å². The minimum Gasteiger partial charge on any atom is -0.394 e. The largest absolute Gasteiger partial charge is 0.394 e. The lowest BCUT2D eigenvalue weighted by Crippen LogP contribution is -2.45. The van der Waals surface area contributed by atoms with Gasteiger partial charge in [-0.05, 0) is 51.4 Å². The fourth-order valence-corrected chi connectivity index (χ4v) is 11.5. The van der Waals surface area contributed by atoms with E-state index >= 15 is 0 Å². The van der Waals surface area contributed by atoms with Crippen LogP contribution in [0.5, 0.6) is 0 Å². The van der Waals surface area contributed by atoms with Gasteiger partial charge in [0.15, 0.2) is 0 Å². The Labute approximate surface area is 490 Å². The predicted molar refractivity (Wildman–Crippen MR) is 350 cm³/mol. The van der Waals surface area contributed by atoms with E-state index in [1.807, 2.05) is 0 Å². The van der Waals surface area contributed by atoms with Crippen LogP contribution in [0.4, 0.5) is 0 Å². The van der Waals surface area contributed by atoms with Gasteiger partial charge in [-0.15, -0.1) is 0 Å². The molecule has 0 aliphatic rings. The van der Waals surface area contributed by atoms with Gasteiger partial charge in [-0.1, -0.05) is 390 Å². The molecule has 0 spiro atoms. The van der Waals surface area contributed by atoms with Crippen LogP contribution in [0.15, 0.2) is 48.6 Å². The van der Waals surface area contributed by atoms with E-state index in [1.54, 1.807) is 0 Å². The van der Waals surface area contributed by atoms with Gasteiger partial charge in [0.2, 0.25) is 5.91 Å². The number of aliphatic hydroxyl groups is 2. The highest BCUT2D eigenvalue weighted by molar-refractivity contribution is 5.76. The van der Waals surface area contributed by atoms with Crippen LogP contribution in [0, 0.1) is 0 Å². The Morgan fingerprint density at radius 1 is 0.321 bits per heavy atom. The summed E-state index contributed by atoms with van der Waals surface area (Å²) in [4.78, 5) is 12.6. The second kappa shape index (κ2) is 69.6. The summed E-state index contributed by atoms with van der Waals surface area (Å²) < 4.78 is 0. The van der Waals surface area contributed by atoms with E-state index in [4.69, 9.17) is 0 Å². The Bertz CT molecular complexity index is 1240. The Morgan fingerprint density at radius 3 is 0.846 bits per heavy atom. The molecule has 0 bridgehead atoms. The number of aliphatic hydroxyl groups excluding tert-OH is 2. The van der Waals surface area contributed by atoms with E-state index in [9.17, 15) is 15.0 Å². The molecule has 2 atom stereocenters. The number of unbranched alkanes of at least 4 members (excludes halogenated alkanes) is 52. The molecule has 0 aliphatic carbocycles. The van der Waals surface area contributed by atoms with Crippen LogP contribution >= 0.6 is 0 Å². The average Bonchev–Trinajstić information content (AvgIpc) is 3.44. The SMILES string of the molecule is CC/C=C\C/C=C\C/C=C\C/C=C\CCCCCCCCCCCCCCCCCCCCCCCCCCCCCCC(=O)NC(CO)C(O)CCCCCCCCCCCCCCCCCCCCCCCCCCC. The van der Waals surface area contributed by atoms with Gasteiger partial charge in [-0.25, -0.2) is 0 Å². The van der Waals surface area contributed by atoms with E-state index < -0.39 is 12.1 Å². The first-order chi connectivity index (χ1) is 38.7. The number of carbonyl (C=O) groups excluding carboxylic acids is 1. The summed E-state index contributed by atoms with van der Waals surface area (Å²) in [6.07, 6.45) is 97.6. The maximum atomic E-state index is 12.6. The molecule has 0 radical (unpaired) electrons. The Kier molecular flexibility index (Phi) is 68.1. The second-order valence-electron chi connectivity index (χ2n) is 24.6. The minimum atomic E-state index is -0.659. The second-order valence-corrected chi connectivity index (χ2v) is 24.6. The molecule has 3 N–H and O–H groups in total. The summed E-state index contributed by atoms with van der Waals surface area (Å²) >= 11 is 0. The molecular formula is C74H141NO3. The molecule has 0 heterocycles. The third kappa shape index (κ3) is 65.2. The normalized spacial score (nSPS) is 12.9. The van der Waals surface area contributed by atoms with Crippen LogP contribution in [0.1, 0.15) is 399 Å². The molecular weight excluding hydrogens is 951 g/mol. The number of nitrogens with one attached hydrogen (secondary N) is 1. The van der Waals surface area contributed by atoms with Crippen molar-refractivity contribution >= 4 is 5.91 Å². The van der Waals surface area contributed by atoms with Crippen LogP contribution in [0.2, 0.25) is 0 Å². The summed E-state index contributed by atoms with van der Waals surface area (Å²) in [7, 11) is 0. The minimum absolute atomic E-state index is 0.0218. The van der Waals surface area contributed by atoms with Gasteiger partial charge in [0, 0.05) is 6.42 Å². The highest BCUT2D eigenvalue weighted by Gasteiger charge is 2.20. The summed E-state index contributed by atoms with van der Waals surface area (Å²) in [6.45, 7) is 4.29. The predicted octanol–water partition coefficient (Wildman–Crippen LogP) is 24.5. The first kappa shape index (κ1) is 76.3. The van der Waals surface area contributed by atoms with Crippen molar-refractivity contribution in [3.63, 3.8) is 0 Å². The van der Waals surface area contributed by atoms with Crippen LogP contribution < -0.4 is 5.32 Å². The van der Waals surface area contributed by atoms with Gasteiger partial charge in [-0.3, -0.25) is 4.79 Å². The Hall–Kier alpha value is -1.65. The summed E-state index contributed by atoms with van der Waals surface area (Å²) in [5, 5.41) is 23.5. The first-order valence-corrected chi connectivity index (χ1v) is 35.8. The smallest absolute Gasteiger partial charge is 0.220 e. The van der Waals surface area contributed by atoms with Crippen molar-refractivity contribution < 1.29 is 15.0 Å². The van der Waals surface area contributed by atoms with Gasteiger partial charge in [0.05, 0.1) is 18.8 Å². The molecule has 0 fully saturated rings. The zero-order valence-electron chi connectivity index (χ0n) is 53.2. The number of allylic oxidation sites excluding steroid dienone is 8. The summed E-state index contributed by atoms with van der Waals surface area (Å²) in [6, 6.07) is -0.536. The van der Waals surface area contributed by atoms with Crippen molar-refractivity contribution in [1.82, 2.24) is 5.32 Å². The van der Waals surface area contributed by atoms with Crippen molar-refractivity contribution in [3.05, 3.63) is 48.6 Å². The topological polar surface area (TPSA) is 69.6 Å². The molecule has 460 valence electrons. The van der Waals surface area contributed by atoms with Crippen LogP contribution in [-0.2, 0) is 4.79 Å². The maximum Gasteiger partial charge on any atom is 0.220 e. The quantitative estimate of drug-likeness (QED) is 0.0420. The van der Waals surface area contributed by atoms with Crippen molar-refractivity contribution in [3.8, 4) is 0 Å². The van der Waals surface area contributed by atoms with Crippen molar-refractivity contribution in [2.75, 3.05) is 6.61 Å². The Morgan fingerprint density at radius 2 is 0.564 bits per heavy atom. The van der Waals surface area contributed by atoms with E-state index in [1.165, 1.54) is 321 Å². The van der Waals surface area contributed by atoms with Crippen molar-refractivity contribution in [1.29, 1.82) is 0 Å². The molecule has 0 aromatic rings. The lowest BCUT2D eigenvalue weighted by atomic mass is 10.0. The van der Waals surface area contributed by atoms with Crippen molar-refractivity contribution in [2.45, 2.75) is 411 Å². The molecule has 0 aliphatic heterocycles. The molecule has 4 heteroatoms. The summed E-state index contributed by atoms with van der Waals surface area (Å²) in [5.41, 5.74) is 0. The molecule has 78 heavy (non-hydrogen) atoms. The van der Waals surface area contributed by atoms with E-state index in [0.717, 1.165) is 51.4 Å². The molecule has 0 saturated carbocycles. The number of hydrogen-bond donors (Lipinski definition) is 3. The zero-order chi connectivity index (χ0) is 56.2. The number of hydrogen-bond acceptors (Lipinski definition) is 3. The van der Waals surface area contributed by atoms with Crippen LogP contribution in [0.25, 0.3) is 0 Å². The lowest BCUT2D eigenvalue weighted by molar-refractivity contribution is -0.123.